The topological polar surface area (TPSA) is 71.2 Å². The molecule has 0 aliphatic rings. The molecule has 0 saturated carbocycles. The van der Waals surface area contributed by atoms with Gasteiger partial charge in [-0.1, -0.05) is 35.6 Å². The molecule has 0 spiro atoms. The summed E-state index contributed by atoms with van der Waals surface area (Å²) in [7, 11) is 0. The third-order valence-corrected chi connectivity index (χ3v) is 2.96. The van der Waals surface area contributed by atoms with Gasteiger partial charge in [-0.3, -0.25) is 9.59 Å². The summed E-state index contributed by atoms with van der Waals surface area (Å²) in [6.45, 7) is 0.363. The fourth-order valence-electron chi connectivity index (χ4n) is 1.57. The second-order valence-electron chi connectivity index (χ2n) is 4.20. The highest BCUT2D eigenvalue weighted by atomic mass is 35.5. The van der Waals surface area contributed by atoms with Crippen LogP contribution in [0.4, 0.5) is 0 Å². The quantitative estimate of drug-likeness (QED) is 0.846. The number of halogens is 1. The van der Waals surface area contributed by atoms with E-state index in [4.69, 9.17) is 16.3 Å². The van der Waals surface area contributed by atoms with Gasteiger partial charge in [0.15, 0.2) is 0 Å². The summed E-state index contributed by atoms with van der Waals surface area (Å²) in [5.74, 6) is 5.80. The van der Waals surface area contributed by atoms with Crippen LogP contribution >= 0.6 is 11.6 Å². The largest absolute Gasteiger partial charge is 0.479 e. The van der Waals surface area contributed by atoms with Gasteiger partial charge < -0.3 is 15.0 Å². The molecule has 1 aromatic carbocycles. The van der Waals surface area contributed by atoms with Crippen LogP contribution < -0.4 is 15.6 Å². The number of hydrogen-bond donors (Lipinski definition) is 2. The van der Waals surface area contributed by atoms with Crippen molar-refractivity contribution in [2.24, 2.45) is 0 Å². The zero-order chi connectivity index (χ0) is 15.8. The Morgan fingerprint density at radius 1 is 1.23 bits per heavy atom. The Kier molecular flexibility index (Phi) is 5.64. The minimum atomic E-state index is -0.308. The van der Waals surface area contributed by atoms with Crippen LogP contribution in [0.5, 0.6) is 5.75 Å². The molecule has 0 unspecified atom stereocenters. The Balaban J connectivity index is 1.75. The maximum absolute atomic E-state index is 11.7. The lowest BCUT2D eigenvalue weighted by molar-refractivity contribution is 0.0958. The van der Waals surface area contributed by atoms with E-state index >= 15 is 0 Å². The van der Waals surface area contributed by atoms with Crippen LogP contribution in [0.2, 0.25) is 5.02 Å². The maximum Gasteiger partial charge on any atom is 0.253 e. The van der Waals surface area contributed by atoms with Crippen molar-refractivity contribution in [2.75, 3.05) is 13.2 Å². The number of pyridine rings is 1. The fraction of sp³-hybridized carbons (Fsp3) is 0.125. The van der Waals surface area contributed by atoms with Crippen molar-refractivity contribution in [3.8, 4) is 17.6 Å². The molecule has 0 radical (unpaired) electrons. The van der Waals surface area contributed by atoms with Gasteiger partial charge in [0.1, 0.15) is 12.4 Å². The predicted octanol–water partition coefficient (Wildman–Crippen LogP) is 1.84. The summed E-state index contributed by atoms with van der Waals surface area (Å²) >= 11 is 5.93. The molecule has 6 heteroatoms. The summed E-state index contributed by atoms with van der Waals surface area (Å²) in [5, 5.41) is 3.14. The molecule has 0 atom stereocenters. The summed E-state index contributed by atoms with van der Waals surface area (Å²) in [4.78, 5) is 25.0. The zero-order valence-corrected chi connectivity index (χ0v) is 12.3. The Morgan fingerprint density at radius 3 is 2.77 bits per heavy atom. The minimum Gasteiger partial charge on any atom is -0.479 e. The number of rotatable bonds is 4. The van der Waals surface area contributed by atoms with E-state index < -0.39 is 0 Å². The number of H-pyrrole nitrogens is 1. The molecule has 1 aromatic heterocycles. The van der Waals surface area contributed by atoms with Crippen LogP contribution in [0, 0.1) is 11.8 Å². The van der Waals surface area contributed by atoms with Gasteiger partial charge in [-0.2, -0.15) is 0 Å². The molecule has 1 heterocycles. The lowest BCUT2D eigenvalue weighted by atomic mass is 10.3. The standard InChI is InChI=1S/C16H13ClN2O3/c17-13-5-1-2-6-14(13)22-10-4-3-9-18-16(21)12-7-8-15(20)19-11-12/h1-2,5-8,11H,9-10H2,(H,18,21)(H,19,20). The number of hydrogen-bond acceptors (Lipinski definition) is 3. The highest BCUT2D eigenvalue weighted by molar-refractivity contribution is 6.32. The monoisotopic (exact) mass is 316 g/mol. The van der Waals surface area contributed by atoms with Crippen LogP contribution in [0.25, 0.3) is 0 Å². The number of aromatic nitrogens is 1. The lowest BCUT2D eigenvalue weighted by Gasteiger charge is -2.03. The molecule has 2 rings (SSSR count). The van der Waals surface area contributed by atoms with E-state index in [1.807, 2.05) is 12.1 Å². The number of ether oxygens (including phenoxy) is 1. The molecule has 0 aliphatic heterocycles. The summed E-state index contributed by atoms with van der Waals surface area (Å²) in [6.07, 6.45) is 1.35. The van der Waals surface area contributed by atoms with Gasteiger partial charge >= 0.3 is 0 Å². The molecular formula is C16H13ClN2O3. The Hall–Kier alpha value is -2.71. The highest BCUT2D eigenvalue weighted by Crippen LogP contribution is 2.22. The average Bonchev–Trinajstić information content (AvgIpc) is 2.53. The molecule has 0 saturated heterocycles. The molecule has 112 valence electrons. The molecule has 0 bridgehead atoms. The smallest absolute Gasteiger partial charge is 0.253 e. The summed E-state index contributed by atoms with van der Waals surface area (Å²) in [5.41, 5.74) is 0.113. The second-order valence-corrected chi connectivity index (χ2v) is 4.60. The van der Waals surface area contributed by atoms with E-state index in [1.54, 1.807) is 12.1 Å². The first-order valence-corrected chi connectivity index (χ1v) is 6.84. The van der Waals surface area contributed by atoms with E-state index in [9.17, 15) is 9.59 Å². The van der Waals surface area contributed by atoms with E-state index in [1.165, 1.54) is 18.3 Å². The van der Waals surface area contributed by atoms with Crippen molar-refractivity contribution in [3.05, 3.63) is 63.5 Å². The van der Waals surface area contributed by atoms with Crippen molar-refractivity contribution >= 4 is 17.5 Å². The second kappa shape index (κ2) is 7.91. The van der Waals surface area contributed by atoms with Gasteiger partial charge in [0, 0.05) is 12.3 Å². The lowest BCUT2D eigenvalue weighted by Crippen LogP contribution is -2.24. The number of amides is 1. The van der Waals surface area contributed by atoms with Crippen molar-refractivity contribution in [1.29, 1.82) is 0 Å². The van der Waals surface area contributed by atoms with Gasteiger partial charge in [0.25, 0.3) is 5.91 Å². The van der Waals surface area contributed by atoms with Gasteiger partial charge in [0.05, 0.1) is 17.1 Å². The van der Waals surface area contributed by atoms with Gasteiger partial charge in [0.2, 0.25) is 5.56 Å². The van der Waals surface area contributed by atoms with Crippen molar-refractivity contribution in [2.45, 2.75) is 0 Å². The minimum absolute atomic E-state index is 0.179. The number of para-hydroxylation sites is 1. The fourth-order valence-corrected chi connectivity index (χ4v) is 1.76. The first kappa shape index (κ1) is 15.7. The summed E-state index contributed by atoms with van der Waals surface area (Å²) in [6, 6.07) is 9.85. The van der Waals surface area contributed by atoms with Gasteiger partial charge in [-0.05, 0) is 18.2 Å². The van der Waals surface area contributed by atoms with E-state index in [0.29, 0.717) is 16.3 Å². The Bertz CT molecular complexity index is 754. The van der Waals surface area contributed by atoms with Gasteiger partial charge in [-0.15, -0.1) is 0 Å². The van der Waals surface area contributed by atoms with Crippen LogP contribution in [-0.4, -0.2) is 24.0 Å². The molecule has 2 aromatic rings. The Morgan fingerprint density at radius 2 is 2.05 bits per heavy atom. The van der Waals surface area contributed by atoms with Crippen molar-refractivity contribution in [1.82, 2.24) is 10.3 Å². The summed E-state index contributed by atoms with van der Waals surface area (Å²) < 4.78 is 5.38. The number of carbonyl (C=O) groups is 1. The Labute approximate surface area is 132 Å². The van der Waals surface area contributed by atoms with E-state index in [-0.39, 0.29) is 24.6 Å². The third-order valence-electron chi connectivity index (χ3n) is 2.65. The van der Waals surface area contributed by atoms with Crippen LogP contribution in [0.3, 0.4) is 0 Å². The molecular weight excluding hydrogens is 304 g/mol. The van der Waals surface area contributed by atoms with Crippen LogP contribution in [-0.2, 0) is 0 Å². The predicted molar refractivity (Wildman–Crippen MR) is 84.1 cm³/mol. The number of aromatic amines is 1. The first-order chi connectivity index (χ1) is 10.7. The molecule has 1 amide bonds. The van der Waals surface area contributed by atoms with Crippen molar-refractivity contribution < 1.29 is 9.53 Å². The number of benzene rings is 1. The molecule has 2 N–H and O–H groups in total. The molecule has 0 aliphatic carbocycles. The normalized spacial score (nSPS) is 9.50. The van der Waals surface area contributed by atoms with E-state index in [2.05, 4.69) is 22.1 Å². The highest BCUT2D eigenvalue weighted by Gasteiger charge is 2.02. The van der Waals surface area contributed by atoms with Crippen LogP contribution in [0.15, 0.2) is 47.4 Å². The van der Waals surface area contributed by atoms with E-state index in [0.717, 1.165) is 0 Å². The first-order valence-electron chi connectivity index (χ1n) is 6.47. The maximum atomic E-state index is 11.7. The third kappa shape index (κ3) is 4.69. The van der Waals surface area contributed by atoms with Crippen LogP contribution in [0.1, 0.15) is 10.4 Å². The molecule has 5 nitrogen and oxygen atoms in total. The molecule has 0 fully saturated rings. The van der Waals surface area contributed by atoms with Crippen molar-refractivity contribution in [3.63, 3.8) is 0 Å². The van der Waals surface area contributed by atoms with Gasteiger partial charge in [-0.25, -0.2) is 0 Å². The molecule has 22 heavy (non-hydrogen) atoms. The number of carbonyl (C=O) groups excluding carboxylic acids is 1. The zero-order valence-electron chi connectivity index (χ0n) is 11.6. The SMILES string of the molecule is O=C(NCC#CCOc1ccccc1Cl)c1ccc(=O)[nH]c1. The number of nitrogens with one attached hydrogen (secondary N) is 2. The average molecular weight is 317 g/mol.